The average Bonchev–Trinajstić information content (AvgIpc) is 1.64. The van der Waals surface area contributed by atoms with Crippen LogP contribution in [-0.2, 0) is 4.79 Å². The Labute approximate surface area is 72.8 Å². The van der Waals surface area contributed by atoms with Crippen LogP contribution >= 0.6 is 24.8 Å². The summed E-state index contributed by atoms with van der Waals surface area (Å²) in [5.41, 5.74) is 5.16. The van der Waals surface area contributed by atoms with Crippen LogP contribution in [0.4, 0.5) is 0 Å². The van der Waals surface area contributed by atoms with E-state index in [1.54, 1.807) is 13.8 Å². The van der Waals surface area contributed by atoms with E-state index in [-0.39, 0.29) is 30.7 Å². The smallest absolute Gasteiger partial charge is 0.320 e. The molecule has 10 heavy (non-hydrogen) atoms. The molecule has 0 rings (SSSR count). The van der Waals surface area contributed by atoms with E-state index in [0.29, 0.717) is 0 Å². The molecule has 0 saturated heterocycles. The van der Waals surface area contributed by atoms with E-state index < -0.39 is 12.0 Å². The lowest BCUT2D eigenvalue weighted by Crippen LogP contribution is -2.34. The molecule has 0 aliphatic rings. The molecule has 3 nitrogen and oxygen atoms in total. The normalized spacial score (nSPS) is 11.2. The molecule has 0 aliphatic heterocycles. The minimum Gasteiger partial charge on any atom is -0.480 e. The first kappa shape index (κ1) is 16.5. The Morgan fingerprint density at radius 1 is 1.40 bits per heavy atom. The lowest BCUT2D eigenvalue weighted by Gasteiger charge is -2.07. The van der Waals surface area contributed by atoms with Gasteiger partial charge in [-0.2, -0.15) is 0 Å². The highest BCUT2D eigenvalue weighted by atomic mass is 35.5. The van der Waals surface area contributed by atoms with Gasteiger partial charge in [-0.1, -0.05) is 13.8 Å². The highest BCUT2D eigenvalue weighted by Gasteiger charge is 2.14. The van der Waals surface area contributed by atoms with Crippen LogP contribution in [0.3, 0.4) is 0 Å². The van der Waals surface area contributed by atoms with E-state index in [1.165, 1.54) is 0 Å². The van der Waals surface area contributed by atoms with Crippen molar-refractivity contribution < 1.29 is 9.90 Å². The minimum absolute atomic E-state index is 0. The summed E-state index contributed by atoms with van der Waals surface area (Å²) in [4.78, 5) is 10.0. The van der Waals surface area contributed by atoms with Crippen molar-refractivity contribution in [2.45, 2.75) is 19.9 Å². The second-order valence-corrected chi connectivity index (χ2v) is 2.11. The van der Waals surface area contributed by atoms with Crippen molar-refractivity contribution in [3.05, 3.63) is 0 Å². The van der Waals surface area contributed by atoms with Gasteiger partial charge in [-0.05, 0) is 5.92 Å². The Morgan fingerprint density at radius 3 is 1.70 bits per heavy atom. The number of carboxylic acids is 1. The zero-order valence-corrected chi connectivity index (χ0v) is 7.54. The molecule has 0 aromatic heterocycles. The highest BCUT2D eigenvalue weighted by molar-refractivity contribution is 5.85. The molecule has 0 spiro atoms. The summed E-state index contributed by atoms with van der Waals surface area (Å²) < 4.78 is 0. The van der Waals surface area contributed by atoms with Gasteiger partial charge in [-0.25, -0.2) is 0 Å². The first-order valence-corrected chi connectivity index (χ1v) is 2.54. The van der Waals surface area contributed by atoms with Crippen molar-refractivity contribution in [2.24, 2.45) is 11.7 Å². The number of halogens is 2. The first-order valence-electron chi connectivity index (χ1n) is 2.54. The molecule has 0 aliphatic carbocycles. The summed E-state index contributed by atoms with van der Waals surface area (Å²) >= 11 is 0. The van der Waals surface area contributed by atoms with E-state index in [4.69, 9.17) is 10.8 Å². The number of hydrogen-bond donors (Lipinski definition) is 2. The molecule has 0 bridgehead atoms. The fraction of sp³-hybridized carbons (Fsp3) is 0.800. The van der Waals surface area contributed by atoms with Gasteiger partial charge in [0.05, 0.1) is 0 Å². The Morgan fingerprint density at radius 2 is 1.70 bits per heavy atom. The highest BCUT2D eigenvalue weighted by Crippen LogP contribution is 1.96. The SMILES string of the molecule is CC(C)C(N)C(=O)O.Cl.Cl. The van der Waals surface area contributed by atoms with E-state index in [9.17, 15) is 4.79 Å². The fourth-order valence-electron chi connectivity index (χ4n) is 0.285. The van der Waals surface area contributed by atoms with E-state index in [1.807, 2.05) is 0 Å². The number of carbonyl (C=O) groups is 1. The molecule has 3 N–H and O–H groups in total. The Balaban J connectivity index is -0.000000245. The zero-order chi connectivity index (χ0) is 6.73. The molecule has 0 aromatic rings. The van der Waals surface area contributed by atoms with E-state index in [0.717, 1.165) is 0 Å². The lowest BCUT2D eigenvalue weighted by atomic mass is 10.1. The Bertz CT molecular complexity index is 97.6. The molecule has 5 heteroatoms. The quantitative estimate of drug-likeness (QED) is 0.679. The maximum absolute atomic E-state index is 10.0. The standard InChI is InChI=1S/C5H11NO2.2ClH/c1-3(2)4(6)5(7)8;;/h3-4H,6H2,1-2H3,(H,7,8);2*1H. The number of rotatable bonds is 2. The van der Waals surface area contributed by atoms with Crippen molar-refractivity contribution in [1.29, 1.82) is 0 Å². The van der Waals surface area contributed by atoms with Crippen LogP contribution in [0.25, 0.3) is 0 Å². The van der Waals surface area contributed by atoms with Crippen molar-refractivity contribution in [1.82, 2.24) is 0 Å². The molecular formula is C5H13Cl2NO2. The topological polar surface area (TPSA) is 63.3 Å². The zero-order valence-electron chi connectivity index (χ0n) is 5.90. The van der Waals surface area contributed by atoms with Crippen molar-refractivity contribution >= 4 is 30.8 Å². The third-order valence-electron chi connectivity index (χ3n) is 1.00. The third kappa shape index (κ3) is 6.13. The Hall–Kier alpha value is 0.01000. The van der Waals surface area contributed by atoms with Crippen LogP contribution in [0.15, 0.2) is 0 Å². The minimum atomic E-state index is -0.931. The van der Waals surface area contributed by atoms with Crippen LogP contribution in [0.2, 0.25) is 0 Å². The first-order chi connectivity index (χ1) is 3.55. The number of nitrogens with two attached hydrogens (primary N) is 1. The van der Waals surface area contributed by atoms with E-state index in [2.05, 4.69) is 0 Å². The van der Waals surface area contributed by atoms with Crippen LogP contribution in [0, 0.1) is 5.92 Å². The molecule has 0 amide bonds. The molecule has 0 fully saturated rings. The van der Waals surface area contributed by atoms with E-state index >= 15 is 0 Å². The maximum atomic E-state index is 10.0. The van der Waals surface area contributed by atoms with Gasteiger partial charge in [0.2, 0.25) is 0 Å². The summed E-state index contributed by atoms with van der Waals surface area (Å²) in [7, 11) is 0. The van der Waals surface area contributed by atoms with Gasteiger partial charge in [0.1, 0.15) is 6.04 Å². The summed E-state index contributed by atoms with van der Waals surface area (Å²) in [6.07, 6.45) is 0. The molecule has 0 heterocycles. The van der Waals surface area contributed by atoms with Gasteiger partial charge in [0.15, 0.2) is 0 Å². The molecule has 0 radical (unpaired) electrons. The molecular weight excluding hydrogens is 177 g/mol. The maximum Gasteiger partial charge on any atom is 0.320 e. The predicted molar refractivity (Wildman–Crippen MR) is 44.9 cm³/mol. The van der Waals surface area contributed by atoms with Gasteiger partial charge in [0.25, 0.3) is 0 Å². The van der Waals surface area contributed by atoms with Crippen molar-refractivity contribution in [2.75, 3.05) is 0 Å². The summed E-state index contributed by atoms with van der Waals surface area (Å²) in [6.45, 7) is 3.55. The average molecular weight is 190 g/mol. The molecule has 0 saturated carbocycles. The molecule has 64 valence electrons. The van der Waals surface area contributed by atoms with Gasteiger partial charge in [-0.15, -0.1) is 24.8 Å². The van der Waals surface area contributed by atoms with Crippen molar-refractivity contribution in [3.63, 3.8) is 0 Å². The summed E-state index contributed by atoms with van der Waals surface area (Å²) in [5, 5.41) is 8.23. The summed E-state index contributed by atoms with van der Waals surface area (Å²) in [5.74, 6) is -0.910. The second kappa shape index (κ2) is 7.12. The number of hydrogen-bond acceptors (Lipinski definition) is 2. The molecule has 1 unspecified atom stereocenters. The lowest BCUT2D eigenvalue weighted by molar-refractivity contribution is -0.139. The largest absolute Gasteiger partial charge is 0.480 e. The fourth-order valence-corrected chi connectivity index (χ4v) is 0.285. The Kier molecular flexibility index (Phi) is 11.8. The molecule has 0 aromatic carbocycles. The summed E-state index contributed by atoms with van der Waals surface area (Å²) in [6, 6.07) is -0.713. The molecule has 1 atom stereocenters. The van der Waals surface area contributed by atoms with Crippen LogP contribution in [0.1, 0.15) is 13.8 Å². The van der Waals surface area contributed by atoms with Gasteiger partial charge >= 0.3 is 5.97 Å². The second-order valence-electron chi connectivity index (χ2n) is 2.11. The third-order valence-corrected chi connectivity index (χ3v) is 1.00. The van der Waals surface area contributed by atoms with Gasteiger partial charge < -0.3 is 10.8 Å². The van der Waals surface area contributed by atoms with Crippen molar-refractivity contribution in [3.8, 4) is 0 Å². The van der Waals surface area contributed by atoms with Gasteiger partial charge in [-0.3, -0.25) is 4.79 Å². The van der Waals surface area contributed by atoms with Crippen LogP contribution < -0.4 is 5.73 Å². The van der Waals surface area contributed by atoms with Gasteiger partial charge in [0, 0.05) is 0 Å². The number of carboxylic acid groups (broad SMARTS) is 1. The monoisotopic (exact) mass is 189 g/mol. The predicted octanol–water partition coefficient (Wildman–Crippen LogP) is 0.898. The van der Waals surface area contributed by atoms with Crippen LogP contribution in [-0.4, -0.2) is 17.1 Å². The number of aliphatic carboxylic acids is 1. The van der Waals surface area contributed by atoms with Crippen LogP contribution in [0.5, 0.6) is 0 Å².